The van der Waals surface area contributed by atoms with Crippen molar-refractivity contribution in [2.75, 3.05) is 11.1 Å². The van der Waals surface area contributed by atoms with Crippen LogP contribution in [0.25, 0.3) is 21.5 Å². The number of aromatic nitrogens is 3. The van der Waals surface area contributed by atoms with Gasteiger partial charge in [0.1, 0.15) is 0 Å². The van der Waals surface area contributed by atoms with Crippen LogP contribution in [0.4, 0.5) is 5.69 Å². The Morgan fingerprint density at radius 1 is 1.14 bits per heavy atom. The number of hydrogen-bond donors (Lipinski definition) is 1. The van der Waals surface area contributed by atoms with Crippen LogP contribution in [0.3, 0.4) is 0 Å². The van der Waals surface area contributed by atoms with Crippen LogP contribution in [0.5, 0.6) is 0 Å². The van der Waals surface area contributed by atoms with Crippen LogP contribution in [0, 0.1) is 0 Å². The lowest BCUT2D eigenvalue weighted by atomic mass is 10.1. The molecule has 0 spiro atoms. The fourth-order valence-corrected chi connectivity index (χ4v) is 4.39. The average Bonchev–Trinajstić information content (AvgIpc) is 3.37. The van der Waals surface area contributed by atoms with Crippen molar-refractivity contribution >= 4 is 45.5 Å². The molecular formula is C21H18N4OS2. The summed E-state index contributed by atoms with van der Waals surface area (Å²) in [7, 11) is 0. The molecule has 0 atom stereocenters. The van der Waals surface area contributed by atoms with E-state index in [1.807, 2.05) is 64.5 Å². The van der Waals surface area contributed by atoms with Gasteiger partial charge in [-0.15, -0.1) is 28.1 Å². The molecule has 1 N–H and O–H groups in total. The van der Waals surface area contributed by atoms with Gasteiger partial charge in [0.05, 0.1) is 10.6 Å². The number of nitrogens with one attached hydrogen (secondary N) is 1. The van der Waals surface area contributed by atoms with Crippen LogP contribution in [-0.2, 0) is 11.3 Å². The minimum Gasteiger partial charge on any atom is -0.325 e. The Balaban J connectivity index is 1.48. The van der Waals surface area contributed by atoms with Crippen LogP contribution in [0.2, 0.25) is 0 Å². The molecule has 0 fully saturated rings. The van der Waals surface area contributed by atoms with Crippen molar-refractivity contribution in [1.82, 2.24) is 14.8 Å². The second-order valence-corrected chi connectivity index (χ2v) is 7.94. The molecule has 0 aliphatic heterocycles. The summed E-state index contributed by atoms with van der Waals surface area (Å²) >= 11 is 2.98. The minimum atomic E-state index is -0.0767. The predicted molar refractivity (Wildman–Crippen MR) is 117 cm³/mol. The molecule has 4 aromatic rings. The summed E-state index contributed by atoms with van der Waals surface area (Å²) in [5, 5.41) is 16.4. The normalized spacial score (nSPS) is 10.9. The van der Waals surface area contributed by atoms with E-state index in [4.69, 9.17) is 0 Å². The van der Waals surface area contributed by atoms with E-state index < -0.39 is 0 Å². The molecule has 2 heterocycles. The molecular weight excluding hydrogens is 388 g/mol. The lowest BCUT2D eigenvalue weighted by Crippen LogP contribution is -2.15. The fraction of sp³-hybridized carbons (Fsp3) is 0.0952. The maximum Gasteiger partial charge on any atom is 0.234 e. The van der Waals surface area contributed by atoms with Crippen molar-refractivity contribution in [2.45, 2.75) is 11.7 Å². The molecule has 0 bridgehead atoms. The molecule has 7 heteroatoms. The number of amides is 1. The number of fused-ring (bicyclic) bond motifs is 1. The van der Waals surface area contributed by atoms with Gasteiger partial charge in [0, 0.05) is 17.6 Å². The number of carbonyl (C=O) groups excluding carboxylic acids is 1. The van der Waals surface area contributed by atoms with E-state index in [1.54, 1.807) is 17.4 Å². The summed E-state index contributed by atoms with van der Waals surface area (Å²) in [5.41, 5.74) is 0.815. The Labute approximate surface area is 171 Å². The number of nitrogens with zero attached hydrogens (tertiary/aromatic N) is 3. The first-order chi connectivity index (χ1) is 13.8. The highest BCUT2D eigenvalue weighted by Crippen LogP contribution is 2.28. The molecule has 5 nitrogen and oxygen atoms in total. The largest absolute Gasteiger partial charge is 0.325 e. The van der Waals surface area contributed by atoms with E-state index in [0.29, 0.717) is 11.7 Å². The molecule has 0 unspecified atom stereocenters. The lowest BCUT2D eigenvalue weighted by molar-refractivity contribution is -0.113. The fourth-order valence-electron chi connectivity index (χ4n) is 2.93. The summed E-state index contributed by atoms with van der Waals surface area (Å²) in [6.45, 7) is 4.41. The molecule has 2 aromatic heterocycles. The number of hydrogen-bond acceptors (Lipinski definition) is 5. The third kappa shape index (κ3) is 3.85. The molecule has 140 valence electrons. The van der Waals surface area contributed by atoms with Gasteiger partial charge in [0.25, 0.3) is 0 Å². The van der Waals surface area contributed by atoms with Crippen molar-refractivity contribution < 1.29 is 4.79 Å². The highest BCUT2D eigenvalue weighted by molar-refractivity contribution is 7.99. The Kier molecular flexibility index (Phi) is 5.55. The van der Waals surface area contributed by atoms with E-state index in [0.717, 1.165) is 27.2 Å². The van der Waals surface area contributed by atoms with Gasteiger partial charge in [-0.2, -0.15) is 0 Å². The smallest absolute Gasteiger partial charge is 0.234 e. The summed E-state index contributed by atoms with van der Waals surface area (Å²) in [6, 6.07) is 17.9. The van der Waals surface area contributed by atoms with E-state index in [9.17, 15) is 4.79 Å². The van der Waals surface area contributed by atoms with E-state index >= 15 is 0 Å². The highest BCUT2D eigenvalue weighted by Gasteiger charge is 2.16. The third-order valence-electron chi connectivity index (χ3n) is 4.17. The summed E-state index contributed by atoms with van der Waals surface area (Å²) < 4.78 is 1.98. The summed E-state index contributed by atoms with van der Waals surface area (Å²) in [6.07, 6.45) is 1.81. The van der Waals surface area contributed by atoms with E-state index in [1.165, 1.54) is 11.8 Å². The van der Waals surface area contributed by atoms with E-state index in [2.05, 4.69) is 22.1 Å². The summed E-state index contributed by atoms with van der Waals surface area (Å²) in [4.78, 5) is 13.6. The topological polar surface area (TPSA) is 59.8 Å². The van der Waals surface area contributed by atoms with Gasteiger partial charge in [-0.25, -0.2) is 0 Å². The number of carbonyl (C=O) groups is 1. The zero-order valence-electron chi connectivity index (χ0n) is 15.0. The standard InChI is InChI=1S/C21H18N4OS2/c1-2-12-25-20(18-11-6-13-27-18)23-24-21(25)28-14-19(26)22-17-10-5-8-15-7-3-4-9-16(15)17/h2-11,13H,1,12,14H2,(H,22,26). The van der Waals surface area contributed by atoms with E-state index in [-0.39, 0.29) is 11.7 Å². The number of thiophene rings is 1. The third-order valence-corrected chi connectivity index (χ3v) is 6.00. The van der Waals surface area contributed by atoms with Crippen molar-refractivity contribution in [2.24, 2.45) is 0 Å². The van der Waals surface area contributed by atoms with Gasteiger partial charge < -0.3 is 5.32 Å². The second kappa shape index (κ2) is 8.41. The first kappa shape index (κ1) is 18.5. The predicted octanol–water partition coefficient (Wildman–Crippen LogP) is 5.08. The lowest BCUT2D eigenvalue weighted by Gasteiger charge is -2.09. The van der Waals surface area contributed by atoms with Crippen LogP contribution < -0.4 is 5.32 Å². The first-order valence-corrected chi connectivity index (χ1v) is 10.6. The van der Waals surface area contributed by atoms with Crippen molar-refractivity contribution in [3.05, 3.63) is 72.6 Å². The molecule has 0 aliphatic carbocycles. The molecule has 28 heavy (non-hydrogen) atoms. The minimum absolute atomic E-state index is 0.0767. The number of thioether (sulfide) groups is 1. The molecule has 0 radical (unpaired) electrons. The van der Waals surface area contributed by atoms with Gasteiger partial charge in [-0.1, -0.05) is 60.3 Å². The zero-order valence-corrected chi connectivity index (χ0v) is 16.7. The number of anilines is 1. The van der Waals surface area contributed by atoms with Gasteiger partial charge in [-0.3, -0.25) is 9.36 Å². The van der Waals surface area contributed by atoms with Crippen molar-refractivity contribution in [3.8, 4) is 10.7 Å². The van der Waals surface area contributed by atoms with Crippen LogP contribution >= 0.6 is 23.1 Å². The van der Waals surface area contributed by atoms with Gasteiger partial charge in [0.2, 0.25) is 5.91 Å². The molecule has 2 aromatic carbocycles. The monoisotopic (exact) mass is 406 g/mol. The molecule has 0 aliphatic rings. The Hall–Kier alpha value is -2.90. The van der Waals surface area contributed by atoms with Gasteiger partial charge in [-0.05, 0) is 22.9 Å². The van der Waals surface area contributed by atoms with Crippen LogP contribution in [0.15, 0.2) is 77.8 Å². The molecule has 1 amide bonds. The van der Waals surface area contributed by atoms with Crippen LogP contribution in [0.1, 0.15) is 0 Å². The maximum atomic E-state index is 12.5. The maximum absolute atomic E-state index is 12.5. The SMILES string of the molecule is C=CCn1c(SCC(=O)Nc2cccc3ccccc23)nnc1-c1cccs1. The number of allylic oxidation sites excluding steroid dienone is 1. The molecule has 0 saturated carbocycles. The summed E-state index contributed by atoms with van der Waals surface area (Å²) in [5.74, 6) is 0.974. The second-order valence-electron chi connectivity index (χ2n) is 6.05. The van der Waals surface area contributed by atoms with Crippen molar-refractivity contribution in [1.29, 1.82) is 0 Å². The molecule has 0 saturated heterocycles. The highest BCUT2D eigenvalue weighted by atomic mass is 32.2. The average molecular weight is 407 g/mol. The van der Waals surface area contributed by atoms with Gasteiger partial charge >= 0.3 is 0 Å². The Bertz CT molecular complexity index is 1110. The van der Waals surface area contributed by atoms with Gasteiger partial charge in [0.15, 0.2) is 11.0 Å². The molecule has 4 rings (SSSR count). The number of benzene rings is 2. The number of rotatable bonds is 7. The van der Waals surface area contributed by atoms with Crippen LogP contribution in [-0.4, -0.2) is 26.4 Å². The zero-order chi connectivity index (χ0) is 19.3. The quantitative estimate of drug-likeness (QED) is 0.344. The first-order valence-electron chi connectivity index (χ1n) is 8.74. The Morgan fingerprint density at radius 2 is 2.00 bits per heavy atom. The van der Waals surface area contributed by atoms with Crippen molar-refractivity contribution in [3.63, 3.8) is 0 Å². The Morgan fingerprint density at radius 3 is 2.82 bits per heavy atom.